The summed E-state index contributed by atoms with van der Waals surface area (Å²) >= 11 is 0. The zero-order valence-electron chi connectivity index (χ0n) is 17.7. The largest absolute Gasteiger partial charge is 0.494 e. The highest BCUT2D eigenvalue weighted by Crippen LogP contribution is 2.36. The quantitative estimate of drug-likeness (QED) is 0.663. The van der Waals surface area contributed by atoms with E-state index < -0.39 is 0 Å². The second kappa shape index (κ2) is 8.74. The van der Waals surface area contributed by atoms with Gasteiger partial charge in [0.25, 0.3) is 11.8 Å². The van der Waals surface area contributed by atoms with Crippen molar-refractivity contribution in [2.45, 2.75) is 39.5 Å². The third-order valence-corrected chi connectivity index (χ3v) is 5.61. The molecule has 2 aliphatic heterocycles. The first-order chi connectivity index (χ1) is 14.6. The van der Waals surface area contributed by atoms with Gasteiger partial charge in [-0.2, -0.15) is 0 Å². The Bertz CT molecular complexity index is 972. The molecule has 156 valence electrons. The average molecular weight is 405 g/mol. The number of likely N-dealkylation sites (tertiary alicyclic amines) is 1. The molecule has 2 aromatic carbocycles. The van der Waals surface area contributed by atoms with Crippen molar-refractivity contribution in [2.75, 3.05) is 24.6 Å². The number of carbonyl (C=O) groups excluding carboxylic acids is 2. The van der Waals surface area contributed by atoms with Crippen molar-refractivity contribution in [1.29, 1.82) is 0 Å². The Morgan fingerprint density at radius 2 is 1.67 bits per heavy atom. The van der Waals surface area contributed by atoms with Gasteiger partial charge in [-0.3, -0.25) is 9.59 Å². The summed E-state index contributed by atoms with van der Waals surface area (Å²) in [7, 11) is 0. The zero-order chi connectivity index (χ0) is 21.1. The summed E-state index contributed by atoms with van der Waals surface area (Å²) < 4.78 is 5.68. The van der Waals surface area contributed by atoms with Crippen LogP contribution in [0.5, 0.6) is 5.75 Å². The van der Waals surface area contributed by atoms with Gasteiger partial charge in [-0.15, -0.1) is 0 Å². The first-order valence-corrected chi connectivity index (χ1v) is 10.8. The van der Waals surface area contributed by atoms with E-state index in [0.717, 1.165) is 55.6 Å². The molecule has 0 N–H and O–H groups in total. The molecule has 2 aromatic rings. The molecular formula is C25H28N2O3. The van der Waals surface area contributed by atoms with E-state index in [2.05, 4.69) is 11.8 Å². The Hall–Kier alpha value is -3.08. The number of anilines is 1. The van der Waals surface area contributed by atoms with Crippen LogP contribution in [0.25, 0.3) is 5.57 Å². The molecule has 5 nitrogen and oxygen atoms in total. The number of carbonyl (C=O) groups is 2. The van der Waals surface area contributed by atoms with Crippen LogP contribution < -0.4 is 9.64 Å². The number of amides is 2. The molecular weight excluding hydrogens is 376 g/mol. The van der Waals surface area contributed by atoms with Crippen LogP contribution >= 0.6 is 0 Å². The Kier molecular flexibility index (Phi) is 5.88. The number of rotatable bonds is 6. The number of imide groups is 1. The van der Waals surface area contributed by atoms with Gasteiger partial charge in [0.2, 0.25) is 0 Å². The summed E-state index contributed by atoms with van der Waals surface area (Å²) in [5.74, 6) is 0.287. The van der Waals surface area contributed by atoms with Gasteiger partial charge >= 0.3 is 0 Å². The lowest BCUT2D eigenvalue weighted by molar-refractivity contribution is -0.120. The van der Waals surface area contributed by atoms with Gasteiger partial charge in [0.15, 0.2) is 0 Å². The van der Waals surface area contributed by atoms with E-state index in [0.29, 0.717) is 23.6 Å². The van der Waals surface area contributed by atoms with Gasteiger partial charge in [0.1, 0.15) is 11.4 Å². The molecule has 30 heavy (non-hydrogen) atoms. The van der Waals surface area contributed by atoms with Crippen LogP contribution in [0.1, 0.15) is 43.7 Å². The van der Waals surface area contributed by atoms with Crippen LogP contribution in [0.15, 0.2) is 54.2 Å². The SMILES string of the molecule is CCCOc1ccc(C2=C(N3CCCCC3)C(=O)N(c3cccc(C)c3)C2=O)cc1. The number of ether oxygens (including phenoxy) is 1. The van der Waals surface area contributed by atoms with Crippen molar-refractivity contribution in [1.82, 2.24) is 4.90 Å². The minimum absolute atomic E-state index is 0.228. The van der Waals surface area contributed by atoms with Gasteiger partial charge in [-0.1, -0.05) is 31.2 Å². The van der Waals surface area contributed by atoms with Crippen molar-refractivity contribution in [3.05, 3.63) is 65.4 Å². The van der Waals surface area contributed by atoms with Crippen LogP contribution in [0.3, 0.4) is 0 Å². The maximum atomic E-state index is 13.5. The molecule has 0 radical (unpaired) electrons. The summed E-state index contributed by atoms with van der Waals surface area (Å²) in [5.41, 5.74) is 3.41. The third kappa shape index (κ3) is 3.84. The molecule has 0 aliphatic carbocycles. The Morgan fingerprint density at radius 1 is 0.933 bits per heavy atom. The van der Waals surface area contributed by atoms with Gasteiger partial charge in [-0.25, -0.2) is 4.90 Å². The summed E-state index contributed by atoms with van der Waals surface area (Å²) in [4.78, 5) is 30.4. The Balaban J connectivity index is 1.75. The maximum Gasteiger partial charge on any atom is 0.282 e. The molecule has 2 amide bonds. The fourth-order valence-electron chi connectivity index (χ4n) is 4.13. The summed E-state index contributed by atoms with van der Waals surface area (Å²) in [5, 5.41) is 0. The lowest BCUT2D eigenvalue weighted by Crippen LogP contribution is -2.37. The first-order valence-electron chi connectivity index (χ1n) is 10.8. The molecule has 2 heterocycles. The molecule has 0 aromatic heterocycles. The maximum absolute atomic E-state index is 13.5. The molecule has 2 aliphatic rings. The summed E-state index contributed by atoms with van der Waals surface area (Å²) in [6.45, 7) is 6.28. The smallest absolute Gasteiger partial charge is 0.282 e. The highest BCUT2D eigenvalue weighted by atomic mass is 16.5. The minimum atomic E-state index is -0.256. The van der Waals surface area contributed by atoms with Crippen molar-refractivity contribution in [2.24, 2.45) is 0 Å². The van der Waals surface area contributed by atoms with Crippen molar-refractivity contribution in [3.63, 3.8) is 0 Å². The van der Waals surface area contributed by atoms with Crippen LogP contribution in [0.4, 0.5) is 5.69 Å². The Morgan fingerprint density at radius 3 is 2.33 bits per heavy atom. The molecule has 0 bridgehead atoms. The molecule has 0 unspecified atom stereocenters. The molecule has 4 rings (SSSR count). The molecule has 0 saturated carbocycles. The van der Waals surface area contributed by atoms with Gasteiger partial charge in [0.05, 0.1) is 17.9 Å². The van der Waals surface area contributed by atoms with Gasteiger partial charge < -0.3 is 9.64 Å². The van der Waals surface area contributed by atoms with Gasteiger partial charge in [0, 0.05) is 13.1 Å². The lowest BCUT2D eigenvalue weighted by Gasteiger charge is -2.29. The zero-order valence-corrected chi connectivity index (χ0v) is 17.7. The van der Waals surface area contributed by atoms with Gasteiger partial charge in [-0.05, 0) is 68.0 Å². The predicted molar refractivity (Wildman–Crippen MR) is 118 cm³/mol. The molecule has 1 saturated heterocycles. The van der Waals surface area contributed by atoms with E-state index in [9.17, 15) is 9.59 Å². The molecule has 1 fully saturated rings. The number of benzene rings is 2. The third-order valence-electron chi connectivity index (χ3n) is 5.61. The second-order valence-electron chi connectivity index (χ2n) is 7.93. The van der Waals surface area contributed by atoms with Crippen LogP contribution in [-0.4, -0.2) is 36.4 Å². The topological polar surface area (TPSA) is 49.9 Å². The fourth-order valence-corrected chi connectivity index (χ4v) is 4.13. The second-order valence-corrected chi connectivity index (χ2v) is 7.93. The van der Waals surface area contributed by atoms with Crippen LogP contribution in [-0.2, 0) is 9.59 Å². The van der Waals surface area contributed by atoms with E-state index in [1.165, 1.54) is 4.90 Å². The summed E-state index contributed by atoms with van der Waals surface area (Å²) in [6.07, 6.45) is 4.16. The lowest BCUT2D eigenvalue weighted by atomic mass is 10.0. The number of hydrogen-bond donors (Lipinski definition) is 0. The molecule has 0 spiro atoms. The van der Waals surface area contributed by atoms with Crippen molar-refractivity contribution < 1.29 is 14.3 Å². The number of nitrogens with zero attached hydrogens (tertiary/aromatic N) is 2. The fraction of sp³-hybridized carbons (Fsp3) is 0.360. The summed E-state index contributed by atoms with van der Waals surface area (Å²) in [6, 6.07) is 15.1. The number of hydrogen-bond acceptors (Lipinski definition) is 4. The van der Waals surface area contributed by atoms with Crippen molar-refractivity contribution >= 4 is 23.1 Å². The number of piperidine rings is 1. The standard InChI is InChI=1S/C25H28N2O3/c1-3-16-30-21-12-10-19(11-13-21)22-23(26-14-5-4-6-15-26)25(29)27(24(22)28)20-9-7-8-18(2)17-20/h7-13,17H,3-6,14-16H2,1-2H3. The van der Waals surface area contributed by atoms with Crippen LogP contribution in [0, 0.1) is 6.92 Å². The first kappa shape index (κ1) is 20.2. The van der Waals surface area contributed by atoms with Crippen molar-refractivity contribution in [3.8, 4) is 5.75 Å². The Labute approximate surface area is 177 Å². The highest BCUT2D eigenvalue weighted by Gasteiger charge is 2.42. The predicted octanol–water partition coefficient (Wildman–Crippen LogP) is 4.55. The van der Waals surface area contributed by atoms with Crippen LogP contribution in [0.2, 0.25) is 0 Å². The average Bonchev–Trinajstić information content (AvgIpc) is 3.03. The van der Waals surface area contributed by atoms with E-state index in [4.69, 9.17) is 4.74 Å². The number of aryl methyl sites for hydroxylation is 1. The normalized spacial score (nSPS) is 17.1. The highest BCUT2D eigenvalue weighted by molar-refractivity contribution is 6.45. The van der Waals surface area contributed by atoms with E-state index in [1.807, 2.05) is 55.5 Å². The van der Waals surface area contributed by atoms with E-state index in [-0.39, 0.29) is 11.8 Å². The monoisotopic (exact) mass is 404 g/mol. The molecule has 0 atom stereocenters. The molecule has 5 heteroatoms. The minimum Gasteiger partial charge on any atom is -0.494 e. The van der Waals surface area contributed by atoms with E-state index >= 15 is 0 Å². The van der Waals surface area contributed by atoms with E-state index in [1.54, 1.807) is 0 Å².